The fourth-order valence-electron chi connectivity index (χ4n) is 6.98. The van der Waals surface area contributed by atoms with Gasteiger partial charge in [-0.05, 0) is 87.6 Å². The minimum absolute atomic E-state index is 0.0740. The molecule has 2 heterocycles. The van der Waals surface area contributed by atoms with Gasteiger partial charge < -0.3 is 26.0 Å². The molecule has 6 atom stereocenters. The number of nitrogens with two attached hydrogens (primary N) is 1. The molecule has 0 radical (unpaired) electrons. The summed E-state index contributed by atoms with van der Waals surface area (Å²) in [6.45, 7) is 3.45. The summed E-state index contributed by atoms with van der Waals surface area (Å²) in [5, 5.41) is 22.5. The molecule has 1 amide bonds. The van der Waals surface area contributed by atoms with Gasteiger partial charge in [0.05, 0.1) is 0 Å². The molecule has 6 unspecified atom stereocenters. The highest BCUT2D eigenvalue weighted by atomic mass is 16.4. The van der Waals surface area contributed by atoms with Crippen LogP contribution in [0.15, 0.2) is 0 Å². The van der Waals surface area contributed by atoms with Crippen molar-refractivity contribution in [3.63, 3.8) is 0 Å². The third-order valence-electron chi connectivity index (χ3n) is 8.73. The fourth-order valence-corrected chi connectivity index (χ4v) is 6.98. The Morgan fingerprint density at radius 2 is 1.69 bits per heavy atom. The molecule has 0 aromatic heterocycles. The van der Waals surface area contributed by atoms with Gasteiger partial charge in [-0.15, -0.1) is 0 Å². The first-order valence-electron chi connectivity index (χ1n) is 12.1. The summed E-state index contributed by atoms with van der Waals surface area (Å²) in [4.78, 5) is 15.6. The number of nitrogens with one attached hydrogen (secondary N) is 1. The summed E-state index contributed by atoms with van der Waals surface area (Å²) in [5.41, 5.74) is 5.93. The van der Waals surface area contributed by atoms with E-state index in [1.807, 2.05) is 0 Å². The van der Waals surface area contributed by atoms with Crippen molar-refractivity contribution in [3.8, 4) is 0 Å². The van der Waals surface area contributed by atoms with E-state index < -0.39 is 7.12 Å². The normalized spacial score (nSPS) is 39.1. The quantitative estimate of drug-likeness (QED) is 0.530. The van der Waals surface area contributed by atoms with Gasteiger partial charge in [0.15, 0.2) is 0 Å². The van der Waals surface area contributed by atoms with E-state index in [1.165, 1.54) is 25.7 Å². The molecule has 2 aliphatic carbocycles. The van der Waals surface area contributed by atoms with Gasteiger partial charge in [-0.25, -0.2) is 0 Å². The van der Waals surface area contributed by atoms with Crippen LogP contribution in [0, 0.1) is 35.5 Å². The molecule has 2 saturated carbocycles. The highest BCUT2D eigenvalue weighted by Gasteiger charge is 2.45. The van der Waals surface area contributed by atoms with Crippen molar-refractivity contribution in [1.82, 2.24) is 10.2 Å². The van der Waals surface area contributed by atoms with E-state index >= 15 is 0 Å². The average Bonchev–Trinajstić information content (AvgIpc) is 2.78. The van der Waals surface area contributed by atoms with Crippen LogP contribution in [0.2, 0.25) is 0 Å². The lowest BCUT2D eigenvalue weighted by molar-refractivity contribution is -0.142. The fraction of sp³-hybridized carbons (Fsp3) is 0.955. The molecule has 4 rings (SSSR count). The summed E-state index contributed by atoms with van der Waals surface area (Å²) in [5.74, 6) is 3.20. The van der Waals surface area contributed by atoms with Crippen LogP contribution >= 0.6 is 0 Å². The molecule has 7 heteroatoms. The van der Waals surface area contributed by atoms with Gasteiger partial charge in [0.2, 0.25) is 5.91 Å². The molecule has 2 aliphatic heterocycles. The van der Waals surface area contributed by atoms with Gasteiger partial charge in [-0.3, -0.25) is 4.79 Å². The summed E-state index contributed by atoms with van der Waals surface area (Å²) < 4.78 is 0. The molecule has 0 spiro atoms. The Labute approximate surface area is 176 Å². The molecular formula is C22H40BN3O3. The Hall–Kier alpha value is -0.625. The Kier molecular flexibility index (Phi) is 7.20. The Balaban J connectivity index is 1.33. The second-order valence-electron chi connectivity index (χ2n) is 10.3. The molecular weight excluding hydrogens is 365 g/mol. The van der Waals surface area contributed by atoms with E-state index in [9.17, 15) is 14.8 Å². The van der Waals surface area contributed by atoms with Crippen molar-refractivity contribution in [2.24, 2.45) is 41.2 Å². The standard InChI is InChI=1S/C22H40BN3O3/c24-13-15-3-1-4-17(11-15)16-7-9-26(10-8-16)22(27)19-6-2-5-18-14-25-21(23(28)29)12-20(18)19/h15-21,25,28-29H,1-14,24H2. The number of likely N-dealkylation sites (tertiary alicyclic amines) is 1. The van der Waals surface area contributed by atoms with Gasteiger partial charge in [-0.2, -0.15) is 0 Å². The maximum absolute atomic E-state index is 13.4. The van der Waals surface area contributed by atoms with Crippen LogP contribution in [0.1, 0.15) is 64.2 Å². The lowest BCUT2D eigenvalue weighted by atomic mass is 9.61. The molecule has 4 aliphatic rings. The first-order chi connectivity index (χ1) is 14.1. The van der Waals surface area contributed by atoms with E-state index in [0.717, 1.165) is 70.1 Å². The molecule has 6 nitrogen and oxygen atoms in total. The van der Waals surface area contributed by atoms with Crippen LogP contribution in [0.3, 0.4) is 0 Å². The van der Waals surface area contributed by atoms with E-state index in [0.29, 0.717) is 30.1 Å². The van der Waals surface area contributed by atoms with Crippen molar-refractivity contribution in [3.05, 3.63) is 0 Å². The van der Waals surface area contributed by atoms with Crippen molar-refractivity contribution in [1.29, 1.82) is 0 Å². The molecule has 2 saturated heterocycles. The van der Waals surface area contributed by atoms with E-state index in [-0.39, 0.29) is 11.9 Å². The average molecular weight is 405 g/mol. The summed E-state index contributed by atoms with van der Waals surface area (Å²) in [7, 11) is -1.34. The zero-order chi connectivity index (χ0) is 20.4. The molecule has 0 bridgehead atoms. The number of fused-ring (bicyclic) bond motifs is 1. The molecule has 0 aromatic carbocycles. The minimum Gasteiger partial charge on any atom is -0.426 e. The number of hydrogen-bond donors (Lipinski definition) is 4. The molecule has 5 N–H and O–H groups in total. The second-order valence-corrected chi connectivity index (χ2v) is 10.3. The van der Waals surface area contributed by atoms with Crippen LogP contribution in [0.25, 0.3) is 0 Å². The van der Waals surface area contributed by atoms with Crippen LogP contribution in [0.4, 0.5) is 0 Å². The third-order valence-corrected chi connectivity index (χ3v) is 8.73. The lowest BCUT2D eigenvalue weighted by Gasteiger charge is -2.46. The van der Waals surface area contributed by atoms with Gasteiger partial charge in [0.1, 0.15) is 0 Å². The summed E-state index contributed by atoms with van der Waals surface area (Å²) in [6, 6.07) is 0. The van der Waals surface area contributed by atoms with Crippen LogP contribution in [-0.4, -0.2) is 60.1 Å². The van der Waals surface area contributed by atoms with Crippen molar-refractivity contribution >= 4 is 13.0 Å². The predicted molar refractivity (Wildman–Crippen MR) is 115 cm³/mol. The SMILES string of the molecule is NCC1CCCC(C2CCN(C(=O)C3CCCC4CNC(B(O)O)CC43)CC2)C1. The maximum atomic E-state index is 13.4. The Bertz CT molecular complexity index is 555. The zero-order valence-electron chi connectivity index (χ0n) is 17.8. The number of amides is 1. The summed E-state index contributed by atoms with van der Waals surface area (Å²) >= 11 is 0. The van der Waals surface area contributed by atoms with Gasteiger partial charge in [0, 0.05) is 24.9 Å². The lowest BCUT2D eigenvalue weighted by Crippen LogP contribution is -2.56. The number of nitrogens with zero attached hydrogens (tertiary/aromatic N) is 1. The minimum atomic E-state index is -1.34. The van der Waals surface area contributed by atoms with E-state index in [2.05, 4.69) is 10.2 Å². The molecule has 0 aromatic rings. The number of piperidine rings is 2. The highest BCUT2D eigenvalue weighted by molar-refractivity contribution is 6.43. The van der Waals surface area contributed by atoms with Crippen LogP contribution in [0.5, 0.6) is 0 Å². The number of carbonyl (C=O) groups is 1. The monoisotopic (exact) mass is 405 g/mol. The first kappa shape index (κ1) is 21.6. The number of rotatable bonds is 4. The first-order valence-corrected chi connectivity index (χ1v) is 12.1. The largest absolute Gasteiger partial charge is 0.469 e. The van der Waals surface area contributed by atoms with E-state index in [4.69, 9.17) is 5.73 Å². The number of hydrogen-bond acceptors (Lipinski definition) is 5. The zero-order valence-corrected chi connectivity index (χ0v) is 17.8. The van der Waals surface area contributed by atoms with E-state index in [1.54, 1.807) is 0 Å². The predicted octanol–water partition coefficient (Wildman–Crippen LogP) is 1.40. The maximum Gasteiger partial charge on any atom is 0.469 e. The molecule has 29 heavy (non-hydrogen) atoms. The second kappa shape index (κ2) is 9.67. The Morgan fingerprint density at radius 3 is 2.41 bits per heavy atom. The molecule has 4 fully saturated rings. The highest BCUT2D eigenvalue weighted by Crippen LogP contribution is 2.42. The van der Waals surface area contributed by atoms with Crippen LogP contribution < -0.4 is 11.1 Å². The van der Waals surface area contributed by atoms with Gasteiger partial charge >= 0.3 is 7.12 Å². The summed E-state index contributed by atoms with van der Waals surface area (Å²) in [6.07, 6.45) is 11.5. The van der Waals surface area contributed by atoms with Crippen LogP contribution in [-0.2, 0) is 4.79 Å². The molecule has 164 valence electrons. The van der Waals surface area contributed by atoms with Gasteiger partial charge in [-0.1, -0.05) is 19.3 Å². The smallest absolute Gasteiger partial charge is 0.426 e. The topological polar surface area (TPSA) is 98.8 Å². The Morgan fingerprint density at radius 1 is 0.966 bits per heavy atom. The van der Waals surface area contributed by atoms with Crippen molar-refractivity contribution in [2.45, 2.75) is 70.1 Å². The third kappa shape index (κ3) is 4.84. The van der Waals surface area contributed by atoms with Gasteiger partial charge in [0.25, 0.3) is 0 Å². The number of carbonyl (C=O) groups excluding carboxylic acids is 1. The van der Waals surface area contributed by atoms with Crippen molar-refractivity contribution in [2.75, 3.05) is 26.2 Å². The van der Waals surface area contributed by atoms with Crippen molar-refractivity contribution < 1.29 is 14.8 Å².